The predicted octanol–water partition coefficient (Wildman–Crippen LogP) is 2.26. The first-order valence-electron chi connectivity index (χ1n) is 5.75. The van der Waals surface area contributed by atoms with Gasteiger partial charge in [-0.1, -0.05) is 19.4 Å². The number of rotatable bonds is 7. The van der Waals surface area contributed by atoms with Crippen molar-refractivity contribution in [3.8, 4) is 0 Å². The molecule has 1 heterocycles. The third kappa shape index (κ3) is 3.51. The molecule has 3 nitrogen and oxygen atoms in total. The van der Waals surface area contributed by atoms with E-state index in [0.29, 0.717) is 0 Å². The van der Waals surface area contributed by atoms with E-state index < -0.39 is 0 Å². The lowest BCUT2D eigenvalue weighted by Gasteiger charge is -2.01. The van der Waals surface area contributed by atoms with Crippen molar-refractivity contribution in [1.29, 1.82) is 0 Å². The first-order valence-corrected chi connectivity index (χ1v) is 5.75. The van der Waals surface area contributed by atoms with E-state index in [0.717, 1.165) is 19.0 Å². The Morgan fingerprint density at radius 2 is 2.47 bits per heavy atom. The summed E-state index contributed by atoms with van der Waals surface area (Å²) < 4.78 is 1.74. The quantitative estimate of drug-likeness (QED) is 0.692. The number of hydrogen-bond donors (Lipinski definition) is 1. The SMILES string of the molecule is C=Cn1cc(CNCCCC2CC2)cn1. The smallest absolute Gasteiger partial charge is 0.0538 e. The standard InChI is InChI=1S/C12H19N3/c1-2-15-10-12(9-14-15)8-13-7-3-4-11-5-6-11/h2,9-11,13H,1,3-8H2. The average Bonchev–Trinajstić information content (AvgIpc) is 2.96. The topological polar surface area (TPSA) is 29.9 Å². The van der Waals surface area contributed by atoms with Crippen LogP contribution in [0.3, 0.4) is 0 Å². The minimum atomic E-state index is 0.915. The molecule has 0 unspecified atom stereocenters. The van der Waals surface area contributed by atoms with Gasteiger partial charge in [0.2, 0.25) is 0 Å². The summed E-state index contributed by atoms with van der Waals surface area (Å²) in [6.45, 7) is 5.70. The van der Waals surface area contributed by atoms with E-state index in [4.69, 9.17) is 0 Å². The fourth-order valence-corrected chi connectivity index (χ4v) is 1.72. The molecule has 82 valence electrons. The van der Waals surface area contributed by atoms with Crippen molar-refractivity contribution in [2.45, 2.75) is 32.2 Å². The van der Waals surface area contributed by atoms with Crippen molar-refractivity contribution in [2.75, 3.05) is 6.54 Å². The van der Waals surface area contributed by atoms with Crippen LogP contribution < -0.4 is 5.32 Å². The molecule has 15 heavy (non-hydrogen) atoms. The molecule has 0 aromatic carbocycles. The summed E-state index contributed by atoms with van der Waals surface area (Å²) in [7, 11) is 0. The lowest BCUT2D eigenvalue weighted by Crippen LogP contribution is -2.14. The van der Waals surface area contributed by atoms with Crippen molar-refractivity contribution in [1.82, 2.24) is 15.1 Å². The second-order valence-corrected chi connectivity index (χ2v) is 4.27. The zero-order valence-corrected chi connectivity index (χ0v) is 9.15. The molecule has 0 spiro atoms. The minimum absolute atomic E-state index is 0.915. The van der Waals surface area contributed by atoms with Gasteiger partial charge < -0.3 is 5.32 Å². The van der Waals surface area contributed by atoms with Gasteiger partial charge in [0.05, 0.1) is 6.20 Å². The highest BCUT2D eigenvalue weighted by Crippen LogP contribution is 2.33. The number of nitrogens with one attached hydrogen (secondary N) is 1. The normalized spacial score (nSPS) is 15.5. The molecule has 0 aliphatic heterocycles. The molecule has 1 N–H and O–H groups in total. The predicted molar refractivity (Wildman–Crippen MR) is 62.3 cm³/mol. The van der Waals surface area contributed by atoms with E-state index in [1.54, 1.807) is 10.9 Å². The van der Waals surface area contributed by atoms with Crippen LogP contribution in [0, 0.1) is 5.92 Å². The zero-order chi connectivity index (χ0) is 10.5. The average molecular weight is 205 g/mol. The molecule has 3 heteroatoms. The summed E-state index contributed by atoms with van der Waals surface area (Å²) in [4.78, 5) is 0. The van der Waals surface area contributed by atoms with Gasteiger partial charge in [-0.05, 0) is 25.3 Å². The first-order chi connectivity index (χ1) is 7.38. The van der Waals surface area contributed by atoms with Gasteiger partial charge in [0, 0.05) is 24.5 Å². The van der Waals surface area contributed by atoms with Gasteiger partial charge in [-0.25, -0.2) is 4.68 Å². The van der Waals surface area contributed by atoms with Gasteiger partial charge in [-0.2, -0.15) is 5.10 Å². The third-order valence-corrected chi connectivity index (χ3v) is 2.83. The van der Waals surface area contributed by atoms with Crippen molar-refractivity contribution in [3.05, 3.63) is 24.5 Å². The molecule has 1 saturated carbocycles. The minimum Gasteiger partial charge on any atom is -0.313 e. The highest BCUT2D eigenvalue weighted by molar-refractivity contribution is 5.17. The Kier molecular flexibility index (Phi) is 3.56. The fraction of sp³-hybridized carbons (Fsp3) is 0.583. The van der Waals surface area contributed by atoms with Crippen molar-refractivity contribution < 1.29 is 0 Å². The maximum Gasteiger partial charge on any atom is 0.0538 e. The molecular weight excluding hydrogens is 186 g/mol. The summed E-state index contributed by atoms with van der Waals surface area (Å²) in [5.74, 6) is 1.05. The Hall–Kier alpha value is -1.09. The summed E-state index contributed by atoms with van der Waals surface area (Å²) in [5.41, 5.74) is 1.22. The molecule has 1 aliphatic rings. The molecule has 0 bridgehead atoms. The van der Waals surface area contributed by atoms with Crippen molar-refractivity contribution >= 4 is 6.20 Å². The highest BCUT2D eigenvalue weighted by atomic mass is 15.2. The van der Waals surface area contributed by atoms with Crippen molar-refractivity contribution in [3.63, 3.8) is 0 Å². The lowest BCUT2D eigenvalue weighted by atomic mass is 10.2. The maximum atomic E-state index is 4.13. The Morgan fingerprint density at radius 3 is 3.13 bits per heavy atom. The molecule has 0 amide bonds. The molecule has 0 radical (unpaired) electrons. The Bertz CT molecular complexity index is 312. The van der Waals surface area contributed by atoms with Crippen molar-refractivity contribution in [2.24, 2.45) is 5.92 Å². The monoisotopic (exact) mass is 205 g/mol. The van der Waals surface area contributed by atoms with Crippen LogP contribution in [0.25, 0.3) is 6.20 Å². The van der Waals surface area contributed by atoms with Crippen LogP contribution in [0.15, 0.2) is 19.0 Å². The van der Waals surface area contributed by atoms with Crippen LogP contribution >= 0.6 is 0 Å². The van der Waals surface area contributed by atoms with E-state index in [-0.39, 0.29) is 0 Å². The molecule has 1 aliphatic carbocycles. The van der Waals surface area contributed by atoms with Crippen LogP contribution in [0.5, 0.6) is 0 Å². The Balaban J connectivity index is 1.57. The Labute approximate surface area is 91.2 Å². The van der Waals surface area contributed by atoms with Crippen LogP contribution in [-0.2, 0) is 6.54 Å². The van der Waals surface area contributed by atoms with Crippen LogP contribution in [0.2, 0.25) is 0 Å². The second kappa shape index (κ2) is 5.12. The summed E-state index contributed by atoms with van der Waals surface area (Å²) in [5, 5.41) is 7.57. The molecule has 2 rings (SSSR count). The molecule has 0 saturated heterocycles. The fourth-order valence-electron chi connectivity index (χ4n) is 1.72. The van der Waals surface area contributed by atoms with Gasteiger partial charge in [0.25, 0.3) is 0 Å². The molecule has 0 atom stereocenters. The van der Waals surface area contributed by atoms with E-state index >= 15 is 0 Å². The molecule has 1 aromatic heterocycles. The van der Waals surface area contributed by atoms with Crippen LogP contribution in [0.4, 0.5) is 0 Å². The largest absolute Gasteiger partial charge is 0.313 e. The highest BCUT2D eigenvalue weighted by Gasteiger charge is 2.19. The number of nitrogens with zero attached hydrogens (tertiary/aromatic N) is 2. The van der Waals surface area contributed by atoms with Gasteiger partial charge in [0.15, 0.2) is 0 Å². The van der Waals surface area contributed by atoms with E-state index in [1.807, 2.05) is 12.4 Å². The lowest BCUT2D eigenvalue weighted by molar-refractivity contribution is 0.594. The van der Waals surface area contributed by atoms with Gasteiger partial charge in [0.1, 0.15) is 0 Å². The van der Waals surface area contributed by atoms with E-state index in [2.05, 4.69) is 17.0 Å². The van der Waals surface area contributed by atoms with Gasteiger partial charge in [-0.15, -0.1) is 0 Å². The van der Waals surface area contributed by atoms with E-state index in [1.165, 1.54) is 31.2 Å². The molecular formula is C12H19N3. The summed E-state index contributed by atoms with van der Waals surface area (Å²) in [6.07, 6.45) is 11.2. The second-order valence-electron chi connectivity index (χ2n) is 4.27. The molecule has 1 fully saturated rings. The number of hydrogen-bond acceptors (Lipinski definition) is 2. The van der Waals surface area contributed by atoms with Crippen LogP contribution in [0.1, 0.15) is 31.2 Å². The first kappa shape index (κ1) is 10.4. The summed E-state index contributed by atoms with van der Waals surface area (Å²) in [6, 6.07) is 0. The third-order valence-electron chi connectivity index (χ3n) is 2.83. The molecule has 1 aromatic rings. The van der Waals surface area contributed by atoms with Gasteiger partial charge >= 0.3 is 0 Å². The van der Waals surface area contributed by atoms with E-state index in [9.17, 15) is 0 Å². The number of aromatic nitrogens is 2. The summed E-state index contributed by atoms with van der Waals surface area (Å²) >= 11 is 0. The van der Waals surface area contributed by atoms with Gasteiger partial charge in [-0.3, -0.25) is 0 Å². The Morgan fingerprint density at radius 1 is 1.60 bits per heavy atom. The maximum absolute atomic E-state index is 4.13. The van der Waals surface area contributed by atoms with Crippen LogP contribution in [-0.4, -0.2) is 16.3 Å². The zero-order valence-electron chi connectivity index (χ0n) is 9.15.